The van der Waals surface area contributed by atoms with Crippen LogP contribution in [-0.2, 0) is 6.54 Å². The number of anilines is 1. The molecule has 0 aliphatic carbocycles. The zero-order valence-electron chi connectivity index (χ0n) is 14.7. The molecule has 132 valence electrons. The molecule has 6 heteroatoms. The number of carbonyl (C=O) groups is 1. The second kappa shape index (κ2) is 7.59. The first-order valence-corrected chi connectivity index (χ1v) is 8.68. The number of carbonyl (C=O) groups excluding carboxylic acids is 1. The maximum Gasteiger partial charge on any atom is 0.274 e. The van der Waals surface area contributed by atoms with Crippen LogP contribution in [0.1, 0.15) is 42.7 Å². The number of nitrogens with zero attached hydrogens (tertiary/aromatic N) is 4. The highest BCUT2D eigenvalue weighted by atomic mass is 19.1. The molecular formula is C19H23FN4O. The summed E-state index contributed by atoms with van der Waals surface area (Å²) in [6, 6.07) is 9.86. The van der Waals surface area contributed by atoms with Crippen molar-refractivity contribution in [1.82, 2.24) is 15.1 Å². The average molecular weight is 342 g/mol. The Bertz CT molecular complexity index is 726. The molecule has 0 atom stereocenters. The van der Waals surface area contributed by atoms with Gasteiger partial charge >= 0.3 is 0 Å². The van der Waals surface area contributed by atoms with E-state index in [1.165, 1.54) is 12.1 Å². The van der Waals surface area contributed by atoms with Crippen molar-refractivity contribution in [2.24, 2.45) is 0 Å². The Labute approximate surface area is 147 Å². The van der Waals surface area contributed by atoms with Gasteiger partial charge in [0.25, 0.3) is 5.91 Å². The van der Waals surface area contributed by atoms with Gasteiger partial charge in [-0.25, -0.2) is 4.39 Å². The van der Waals surface area contributed by atoms with E-state index in [0.717, 1.165) is 37.3 Å². The third kappa shape index (κ3) is 4.13. The summed E-state index contributed by atoms with van der Waals surface area (Å²) in [5.74, 6) is 0.318. The fraction of sp³-hybridized carbons (Fsp3) is 0.421. The molecule has 1 amide bonds. The molecule has 0 bridgehead atoms. The smallest absolute Gasteiger partial charge is 0.274 e. The number of benzene rings is 1. The highest BCUT2D eigenvalue weighted by Crippen LogP contribution is 2.18. The normalized spacial score (nSPS) is 14.2. The molecule has 0 unspecified atom stereocenters. The van der Waals surface area contributed by atoms with Gasteiger partial charge < -0.3 is 9.80 Å². The Morgan fingerprint density at radius 3 is 2.56 bits per heavy atom. The lowest BCUT2D eigenvalue weighted by molar-refractivity contribution is 0.0683. The van der Waals surface area contributed by atoms with E-state index in [-0.39, 0.29) is 17.8 Å². The predicted molar refractivity (Wildman–Crippen MR) is 94.9 cm³/mol. The second-order valence-corrected chi connectivity index (χ2v) is 6.63. The fourth-order valence-corrected chi connectivity index (χ4v) is 3.02. The van der Waals surface area contributed by atoms with Crippen molar-refractivity contribution in [3.8, 4) is 0 Å². The van der Waals surface area contributed by atoms with E-state index in [9.17, 15) is 9.18 Å². The number of hydrogen-bond acceptors (Lipinski definition) is 4. The van der Waals surface area contributed by atoms with Gasteiger partial charge in [-0.15, -0.1) is 10.2 Å². The molecular weight excluding hydrogens is 319 g/mol. The Hall–Kier alpha value is -2.50. The molecule has 2 heterocycles. The third-order valence-corrected chi connectivity index (χ3v) is 4.43. The standard InChI is InChI=1S/C19H23FN4O/c1-14(2)24(13-15-6-5-7-16(20)12-15)19(25)17-8-9-18(22-21-17)23-10-3-4-11-23/h5-9,12,14H,3-4,10-11,13H2,1-2H3. The summed E-state index contributed by atoms with van der Waals surface area (Å²) < 4.78 is 13.4. The number of amides is 1. The lowest BCUT2D eigenvalue weighted by Crippen LogP contribution is -2.37. The van der Waals surface area contributed by atoms with Gasteiger partial charge in [-0.3, -0.25) is 4.79 Å². The maximum absolute atomic E-state index is 13.4. The Kier molecular flexibility index (Phi) is 5.26. The maximum atomic E-state index is 13.4. The molecule has 1 aliphatic rings. The number of aromatic nitrogens is 2. The Balaban J connectivity index is 1.75. The first kappa shape index (κ1) is 17.3. The van der Waals surface area contributed by atoms with Crippen molar-refractivity contribution in [1.29, 1.82) is 0 Å². The summed E-state index contributed by atoms with van der Waals surface area (Å²) in [5, 5.41) is 8.34. The lowest BCUT2D eigenvalue weighted by Gasteiger charge is -2.26. The lowest BCUT2D eigenvalue weighted by atomic mass is 10.1. The van der Waals surface area contributed by atoms with Crippen LogP contribution in [0.5, 0.6) is 0 Å². The summed E-state index contributed by atoms with van der Waals surface area (Å²) in [6.07, 6.45) is 2.33. The van der Waals surface area contributed by atoms with Crippen LogP contribution in [-0.4, -0.2) is 40.1 Å². The number of rotatable bonds is 5. The van der Waals surface area contributed by atoms with Crippen LogP contribution in [0.15, 0.2) is 36.4 Å². The highest BCUT2D eigenvalue weighted by Gasteiger charge is 2.22. The molecule has 1 aromatic carbocycles. The molecule has 5 nitrogen and oxygen atoms in total. The molecule has 2 aromatic rings. The molecule has 3 rings (SSSR count). The molecule has 1 saturated heterocycles. The summed E-state index contributed by atoms with van der Waals surface area (Å²) in [4.78, 5) is 16.7. The van der Waals surface area contributed by atoms with E-state index in [1.54, 1.807) is 17.0 Å². The van der Waals surface area contributed by atoms with Crippen LogP contribution in [0, 0.1) is 5.82 Å². The Morgan fingerprint density at radius 1 is 1.20 bits per heavy atom. The van der Waals surface area contributed by atoms with E-state index in [1.807, 2.05) is 26.0 Å². The topological polar surface area (TPSA) is 49.3 Å². The van der Waals surface area contributed by atoms with E-state index in [2.05, 4.69) is 15.1 Å². The van der Waals surface area contributed by atoms with Gasteiger partial charge in [0.05, 0.1) is 0 Å². The van der Waals surface area contributed by atoms with E-state index in [0.29, 0.717) is 12.2 Å². The Morgan fingerprint density at radius 2 is 1.96 bits per heavy atom. The summed E-state index contributed by atoms with van der Waals surface area (Å²) >= 11 is 0. The molecule has 25 heavy (non-hydrogen) atoms. The van der Waals surface area contributed by atoms with Gasteiger partial charge in [0.1, 0.15) is 5.82 Å². The minimum atomic E-state index is -0.302. The van der Waals surface area contributed by atoms with Crippen molar-refractivity contribution in [2.75, 3.05) is 18.0 Å². The zero-order chi connectivity index (χ0) is 17.8. The van der Waals surface area contributed by atoms with Crippen molar-refractivity contribution >= 4 is 11.7 Å². The first-order chi connectivity index (χ1) is 12.0. The van der Waals surface area contributed by atoms with Crippen LogP contribution in [0.4, 0.5) is 10.2 Å². The summed E-state index contributed by atoms with van der Waals surface area (Å²) in [6.45, 7) is 6.18. The summed E-state index contributed by atoms with van der Waals surface area (Å²) in [5.41, 5.74) is 1.07. The third-order valence-electron chi connectivity index (χ3n) is 4.43. The van der Waals surface area contributed by atoms with Gasteiger partial charge in [-0.2, -0.15) is 0 Å². The monoisotopic (exact) mass is 342 g/mol. The molecule has 1 aliphatic heterocycles. The fourth-order valence-electron chi connectivity index (χ4n) is 3.02. The van der Waals surface area contributed by atoms with Crippen molar-refractivity contribution in [2.45, 2.75) is 39.3 Å². The average Bonchev–Trinajstić information content (AvgIpc) is 3.14. The quantitative estimate of drug-likeness (QED) is 0.837. The minimum Gasteiger partial charge on any atom is -0.355 e. The van der Waals surface area contributed by atoms with Gasteiger partial charge in [0.2, 0.25) is 0 Å². The van der Waals surface area contributed by atoms with Gasteiger partial charge in [-0.05, 0) is 56.5 Å². The van der Waals surface area contributed by atoms with Crippen LogP contribution in [0.25, 0.3) is 0 Å². The van der Waals surface area contributed by atoms with Gasteiger partial charge in [-0.1, -0.05) is 12.1 Å². The predicted octanol–water partition coefficient (Wildman–Crippen LogP) is 3.27. The highest BCUT2D eigenvalue weighted by molar-refractivity contribution is 5.92. The van der Waals surface area contributed by atoms with Crippen molar-refractivity contribution in [3.05, 3.63) is 53.5 Å². The minimum absolute atomic E-state index is 0.0316. The number of halogens is 1. The van der Waals surface area contributed by atoms with Crippen LogP contribution < -0.4 is 4.90 Å². The van der Waals surface area contributed by atoms with Crippen molar-refractivity contribution in [3.63, 3.8) is 0 Å². The molecule has 0 N–H and O–H groups in total. The van der Waals surface area contributed by atoms with E-state index >= 15 is 0 Å². The van der Waals surface area contributed by atoms with Crippen LogP contribution >= 0.6 is 0 Å². The van der Waals surface area contributed by atoms with Gasteiger partial charge in [0, 0.05) is 25.7 Å². The molecule has 1 fully saturated rings. The molecule has 0 saturated carbocycles. The van der Waals surface area contributed by atoms with Gasteiger partial charge in [0.15, 0.2) is 11.5 Å². The number of hydrogen-bond donors (Lipinski definition) is 0. The van der Waals surface area contributed by atoms with E-state index < -0.39 is 0 Å². The largest absolute Gasteiger partial charge is 0.355 e. The summed E-state index contributed by atoms with van der Waals surface area (Å²) in [7, 11) is 0. The second-order valence-electron chi connectivity index (χ2n) is 6.63. The first-order valence-electron chi connectivity index (χ1n) is 8.68. The molecule has 0 spiro atoms. The van der Waals surface area contributed by atoms with E-state index in [4.69, 9.17) is 0 Å². The molecule has 0 radical (unpaired) electrons. The van der Waals surface area contributed by atoms with Crippen LogP contribution in [0.3, 0.4) is 0 Å². The SMILES string of the molecule is CC(C)N(Cc1cccc(F)c1)C(=O)c1ccc(N2CCCC2)nn1. The zero-order valence-corrected chi connectivity index (χ0v) is 14.7. The molecule has 1 aromatic heterocycles. The van der Waals surface area contributed by atoms with Crippen LogP contribution in [0.2, 0.25) is 0 Å². The van der Waals surface area contributed by atoms with Crippen molar-refractivity contribution < 1.29 is 9.18 Å².